The highest BCUT2D eigenvalue weighted by Gasteiger charge is 2.22. The molecular formula is C22H31N3O2S. The van der Waals surface area contributed by atoms with Crippen LogP contribution >= 0.6 is 0 Å². The van der Waals surface area contributed by atoms with Crippen LogP contribution in [0.3, 0.4) is 0 Å². The molecule has 0 radical (unpaired) electrons. The molecule has 0 aliphatic carbocycles. The molecule has 0 spiro atoms. The first-order chi connectivity index (χ1) is 13.2. The summed E-state index contributed by atoms with van der Waals surface area (Å²) in [4.78, 5) is 6.82. The van der Waals surface area contributed by atoms with Crippen LogP contribution in [0.25, 0.3) is 0 Å². The Bertz CT molecular complexity index is 851. The van der Waals surface area contributed by atoms with Crippen molar-refractivity contribution in [3.05, 3.63) is 59.9 Å². The lowest BCUT2D eigenvalue weighted by atomic mass is 9.87. The van der Waals surface area contributed by atoms with Crippen LogP contribution in [0.5, 0.6) is 0 Å². The van der Waals surface area contributed by atoms with E-state index in [1.165, 1.54) is 5.56 Å². The number of likely N-dealkylation sites (tertiary alicyclic amines) is 1. The van der Waals surface area contributed by atoms with Crippen LogP contribution in [0.1, 0.15) is 44.7 Å². The maximum absolute atomic E-state index is 12.6. The van der Waals surface area contributed by atoms with E-state index in [9.17, 15) is 8.42 Å². The fourth-order valence-corrected chi connectivity index (χ4v) is 4.66. The van der Waals surface area contributed by atoms with Gasteiger partial charge in [-0.2, -0.15) is 0 Å². The molecule has 0 bridgehead atoms. The number of aromatic nitrogens is 1. The molecule has 152 valence electrons. The van der Waals surface area contributed by atoms with E-state index in [2.05, 4.69) is 35.4 Å². The van der Waals surface area contributed by atoms with Crippen molar-refractivity contribution in [3.63, 3.8) is 0 Å². The van der Waals surface area contributed by atoms with Gasteiger partial charge in [-0.15, -0.1) is 0 Å². The normalized spacial score (nSPS) is 17.0. The number of sulfonamides is 1. The van der Waals surface area contributed by atoms with E-state index in [1.807, 2.05) is 36.7 Å². The molecule has 0 amide bonds. The van der Waals surface area contributed by atoms with E-state index in [1.54, 1.807) is 12.1 Å². The van der Waals surface area contributed by atoms with Crippen molar-refractivity contribution in [2.75, 3.05) is 19.6 Å². The standard InChI is InChI=1S/C22H31N3O2S/c1-22(2,3)20-4-6-21(7-5-20)28(26,27)24-16-18-10-14-25(15-11-18)17-19-8-12-23-13-9-19/h4-9,12-13,18,24H,10-11,14-17H2,1-3H3. The number of nitrogens with one attached hydrogen (secondary N) is 1. The Balaban J connectivity index is 1.49. The van der Waals surface area contributed by atoms with Crippen molar-refractivity contribution in [3.8, 4) is 0 Å². The van der Waals surface area contributed by atoms with Gasteiger partial charge in [0.2, 0.25) is 10.0 Å². The lowest BCUT2D eigenvalue weighted by Crippen LogP contribution is -2.38. The molecule has 5 nitrogen and oxygen atoms in total. The summed E-state index contributed by atoms with van der Waals surface area (Å²) < 4.78 is 28.0. The number of hydrogen-bond donors (Lipinski definition) is 1. The average Bonchev–Trinajstić information content (AvgIpc) is 2.68. The van der Waals surface area contributed by atoms with E-state index < -0.39 is 10.0 Å². The maximum atomic E-state index is 12.6. The average molecular weight is 402 g/mol. The molecule has 1 saturated heterocycles. The van der Waals surface area contributed by atoms with Crippen molar-refractivity contribution in [2.45, 2.75) is 50.5 Å². The highest BCUT2D eigenvalue weighted by molar-refractivity contribution is 7.89. The van der Waals surface area contributed by atoms with Crippen molar-refractivity contribution in [1.29, 1.82) is 0 Å². The summed E-state index contributed by atoms with van der Waals surface area (Å²) in [5.74, 6) is 0.386. The molecule has 1 N–H and O–H groups in total. The van der Waals surface area contributed by atoms with Crippen molar-refractivity contribution < 1.29 is 8.42 Å². The molecule has 1 aliphatic heterocycles. The molecule has 0 atom stereocenters. The first-order valence-electron chi connectivity index (χ1n) is 9.95. The first kappa shape index (κ1) is 21.0. The number of pyridine rings is 1. The zero-order valence-corrected chi connectivity index (χ0v) is 17.9. The molecule has 28 heavy (non-hydrogen) atoms. The molecule has 2 aromatic rings. The second-order valence-electron chi connectivity index (χ2n) is 8.70. The van der Waals surface area contributed by atoms with Gasteiger partial charge < -0.3 is 0 Å². The lowest BCUT2D eigenvalue weighted by Gasteiger charge is -2.32. The molecular weight excluding hydrogens is 370 g/mol. The van der Waals surface area contributed by atoms with Gasteiger partial charge in [0.15, 0.2) is 0 Å². The summed E-state index contributed by atoms with van der Waals surface area (Å²) in [7, 11) is -3.45. The summed E-state index contributed by atoms with van der Waals surface area (Å²) in [6, 6.07) is 11.3. The van der Waals surface area contributed by atoms with Crippen LogP contribution < -0.4 is 4.72 Å². The fraction of sp³-hybridized carbons (Fsp3) is 0.500. The molecule has 0 unspecified atom stereocenters. The monoisotopic (exact) mass is 401 g/mol. The number of nitrogens with zero attached hydrogens (tertiary/aromatic N) is 2. The van der Waals surface area contributed by atoms with E-state index >= 15 is 0 Å². The summed E-state index contributed by atoms with van der Waals surface area (Å²) in [6.45, 7) is 9.79. The number of piperidine rings is 1. The van der Waals surface area contributed by atoms with Gasteiger partial charge in [-0.3, -0.25) is 9.88 Å². The maximum Gasteiger partial charge on any atom is 0.240 e. The highest BCUT2D eigenvalue weighted by atomic mass is 32.2. The zero-order valence-electron chi connectivity index (χ0n) is 17.1. The summed E-state index contributed by atoms with van der Waals surface area (Å²) >= 11 is 0. The van der Waals surface area contributed by atoms with E-state index in [0.29, 0.717) is 17.4 Å². The van der Waals surface area contributed by atoms with Gasteiger partial charge in [-0.05, 0) is 72.7 Å². The van der Waals surface area contributed by atoms with Crippen LogP contribution in [0.15, 0.2) is 53.7 Å². The molecule has 1 aromatic heterocycles. The zero-order chi connectivity index (χ0) is 20.2. The third-order valence-corrected chi connectivity index (χ3v) is 6.89. The van der Waals surface area contributed by atoms with Crippen LogP contribution in [0.4, 0.5) is 0 Å². The molecule has 0 saturated carbocycles. The molecule has 3 rings (SSSR count). The van der Waals surface area contributed by atoms with Gasteiger partial charge in [0.1, 0.15) is 0 Å². The number of hydrogen-bond acceptors (Lipinski definition) is 4. The minimum absolute atomic E-state index is 0.0138. The summed E-state index contributed by atoms with van der Waals surface area (Å²) in [5.41, 5.74) is 2.42. The van der Waals surface area contributed by atoms with Gasteiger partial charge in [0, 0.05) is 25.5 Å². The molecule has 2 heterocycles. The lowest BCUT2D eigenvalue weighted by molar-refractivity contribution is 0.178. The molecule has 1 aromatic carbocycles. The van der Waals surface area contributed by atoms with Gasteiger partial charge in [-0.25, -0.2) is 13.1 Å². The fourth-order valence-electron chi connectivity index (χ4n) is 3.54. The second kappa shape index (κ2) is 8.72. The van der Waals surface area contributed by atoms with Crippen molar-refractivity contribution in [1.82, 2.24) is 14.6 Å². The quantitative estimate of drug-likeness (QED) is 0.804. The van der Waals surface area contributed by atoms with Gasteiger partial charge in [0.05, 0.1) is 4.90 Å². The number of rotatable bonds is 6. The highest BCUT2D eigenvalue weighted by Crippen LogP contribution is 2.24. The Labute approximate surface area is 169 Å². The summed E-state index contributed by atoms with van der Waals surface area (Å²) in [5, 5.41) is 0. The Morgan fingerprint density at radius 1 is 1.04 bits per heavy atom. The second-order valence-corrected chi connectivity index (χ2v) is 10.5. The molecule has 1 fully saturated rings. The van der Waals surface area contributed by atoms with Gasteiger partial charge in [0.25, 0.3) is 0 Å². The number of benzene rings is 1. The van der Waals surface area contributed by atoms with Crippen molar-refractivity contribution in [2.24, 2.45) is 5.92 Å². The minimum Gasteiger partial charge on any atom is -0.299 e. The summed E-state index contributed by atoms with van der Waals surface area (Å²) in [6.07, 6.45) is 5.67. The van der Waals surface area contributed by atoms with Crippen LogP contribution in [-0.2, 0) is 22.0 Å². The Kier molecular flexibility index (Phi) is 6.53. The van der Waals surface area contributed by atoms with Crippen LogP contribution in [0, 0.1) is 5.92 Å². The van der Waals surface area contributed by atoms with E-state index in [4.69, 9.17) is 0 Å². The van der Waals surface area contributed by atoms with Gasteiger partial charge >= 0.3 is 0 Å². The van der Waals surface area contributed by atoms with E-state index in [0.717, 1.165) is 38.0 Å². The first-order valence-corrected chi connectivity index (χ1v) is 11.4. The van der Waals surface area contributed by atoms with E-state index in [-0.39, 0.29) is 5.41 Å². The van der Waals surface area contributed by atoms with Crippen LogP contribution in [0.2, 0.25) is 0 Å². The minimum atomic E-state index is -3.45. The topological polar surface area (TPSA) is 62.3 Å². The Morgan fingerprint density at radius 2 is 1.64 bits per heavy atom. The third-order valence-electron chi connectivity index (χ3n) is 5.46. The Morgan fingerprint density at radius 3 is 2.21 bits per heavy atom. The molecule has 6 heteroatoms. The van der Waals surface area contributed by atoms with Gasteiger partial charge in [-0.1, -0.05) is 32.9 Å². The predicted octanol–water partition coefficient (Wildman–Crippen LogP) is 3.57. The molecule has 1 aliphatic rings. The SMILES string of the molecule is CC(C)(C)c1ccc(S(=O)(=O)NCC2CCN(Cc3ccncc3)CC2)cc1. The largest absolute Gasteiger partial charge is 0.299 e. The third kappa shape index (κ3) is 5.63. The predicted molar refractivity (Wildman–Crippen MR) is 113 cm³/mol. The Hall–Kier alpha value is -1.76. The van der Waals surface area contributed by atoms with Crippen molar-refractivity contribution >= 4 is 10.0 Å². The van der Waals surface area contributed by atoms with Crippen LogP contribution in [-0.4, -0.2) is 37.9 Å². The smallest absolute Gasteiger partial charge is 0.240 e.